The molecule has 0 heterocycles. The van der Waals surface area contributed by atoms with Gasteiger partial charge in [-0.1, -0.05) is 6.58 Å². The first-order valence-electron chi connectivity index (χ1n) is 2.62. The second kappa shape index (κ2) is 2.92. The largest absolute Gasteiger partial charge is 0.339 e. The van der Waals surface area contributed by atoms with Crippen molar-refractivity contribution in [2.75, 3.05) is 0 Å². The summed E-state index contributed by atoms with van der Waals surface area (Å²) >= 11 is 4.07. The van der Waals surface area contributed by atoms with Crippen LogP contribution in [0.3, 0.4) is 0 Å². The summed E-state index contributed by atoms with van der Waals surface area (Å²) in [5, 5.41) is 2.58. The van der Waals surface area contributed by atoms with Gasteiger partial charge in [0.15, 0.2) is 0 Å². The van der Waals surface area contributed by atoms with Gasteiger partial charge >= 0.3 is 0 Å². The molecule has 0 atom stereocenters. The third kappa shape index (κ3) is 5.43. The van der Waals surface area contributed by atoms with E-state index in [1.165, 1.54) is 6.08 Å². The van der Waals surface area contributed by atoms with Crippen molar-refractivity contribution in [3.8, 4) is 0 Å². The van der Waals surface area contributed by atoms with Gasteiger partial charge in [0.2, 0.25) is 5.91 Å². The Hall–Kier alpha value is -0.440. The van der Waals surface area contributed by atoms with E-state index < -0.39 is 4.87 Å². The SMILES string of the molecule is C=CC(=O)NC(C)(C)S. The lowest BCUT2D eigenvalue weighted by atomic mass is 10.4. The van der Waals surface area contributed by atoms with Crippen LogP contribution in [-0.2, 0) is 4.79 Å². The van der Waals surface area contributed by atoms with Gasteiger partial charge in [0.05, 0.1) is 4.87 Å². The molecule has 0 rings (SSSR count). The predicted octanol–water partition coefficient (Wildman–Crippen LogP) is 0.954. The summed E-state index contributed by atoms with van der Waals surface area (Å²) in [6.07, 6.45) is 1.22. The molecule has 3 heteroatoms. The molecule has 0 fully saturated rings. The second-order valence-electron chi connectivity index (χ2n) is 2.25. The summed E-state index contributed by atoms with van der Waals surface area (Å²) < 4.78 is 0. The van der Waals surface area contributed by atoms with Crippen molar-refractivity contribution in [3.05, 3.63) is 12.7 Å². The normalized spacial score (nSPS) is 10.6. The first-order valence-corrected chi connectivity index (χ1v) is 3.07. The quantitative estimate of drug-likeness (QED) is 0.338. The van der Waals surface area contributed by atoms with Gasteiger partial charge in [-0.2, -0.15) is 12.6 Å². The van der Waals surface area contributed by atoms with Crippen LogP contribution in [0.2, 0.25) is 0 Å². The van der Waals surface area contributed by atoms with Crippen LogP contribution in [0.1, 0.15) is 13.8 Å². The van der Waals surface area contributed by atoms with E-state index >= 15 is 0 Å². The number of hydrogen-bond donors (Lipinski definition) is 2. The molecule has 0 bridgehead atoms. The number of carbonyl (C=O) groups excluding carboxylic acids is 1. The molecular formula is C6H11NOS. The van der Waals surface area contributed by atoms with Crippen LogP contribution in [0.15, 0.2) is 12.7 Å². The molecule has 0 aromatic carbocycles. The van der Waals surface area contributed by atoms with E-state index in [9.17, 15) is 4.79 Å². The minimum atomic E-state index is -0.453. The molecule has 1 N–H and O–H groups in total. The Morgan fingerprint density at radius 1 is 1.78 bits per heavy atom. The van der Waals surface area contributed by atoms with Gasteiger partial charge in [0.25, 0.3) is 0 Å². The van der Waals surface area contributed by atoms with Crippen molar-refractivity contribution in [1.82, 2.24) is 5.32 Å². The second-order valence-corrected chi connectivity index (χ2v) is 3.37. The topological polar surface area (TPSA) is 29.1 Å². The molecule has 0 saturated heterocycles. The van der Waals surface area contributed by atoms with Gasteiger partial charge < -0.3 is 5.32 Å². The molecule has 0 spiro atoms. The van der Waals surface area contributed by atoms with Crippen molar-refractivity contribution >= 4 is 18.5 Å². The molecule has 0 aromatic heterocycles. The summed E-state index contributed by atoms with van der Waals surface area (Å²) in [6.45, 7) is 6.88. The maximum Gasteiger partial charge on any atom is 0.244 e. The van der Waals surface area contributed by atoms with Crippen LogP contribution in [0.25, 0.3) is 0 Å². The highest BCUT2D eigenvalue weighted by atomic mass is 32.1. The zero-order valence-electron chi connectivity index (χ0n) is 5.64. The number of nitrogens with one attached hydrogen (secondary N) is 1. The molecule has 0 aliphatic rings. The fourth-order valence-electron chi connectivity index (χ4n) is 0.353. The van der Waals surface area contributed by atoms with Gasteiger partial charge in [-0.25, -0.2) is 0 Å². The molecule has 1 amide bonds. The highest BCUT2D eigenvalue weighted by Gasteiger charge is 2.11. The lowest BCUT2D eigenvalue weighted by Gasteiger charge is -2.17. The summed E-state index contributed by atoms with van der Waals surface area (Å²) in [5.74, 6) is -0.199. The van der Waals surface area contributed by atoms with Gasteiger partial charge in [0, 0.05) is 0 Å². The summed E-state index contributed by atoms with van der Waals surface area (Å²) in [7, 11) is 0. The van der Waals surface area contributed by atoms with Gasteiger partial charge in [-0.15, -0.1) is 0 Å². The molecule has 9 heavy (non-hydrogen) atoms. The predicted molar refractivity (Wildman–Crippen MR) is 41.4 cm³/mol. The molecule has 2 nitrogen and oxygen atoms in total. The summed E-state index contributed by atoms with van der Waals surface area (Å²) in [5.41, 5.74) is 0. The van der Waals surface area contributed by atoms with E-state index in [-0.39, 0.29) is 5.91 Å². The van der Waals surface area contributed by atoms with E-state index in [2.05, 4.69) is 24.5 Å². The number of rotatable bonds is 2. The minimum absolute atomic E-state index is 0.199. The monoisotopic (exact) mass is 145 g/mol. The molecule has 0 aliphatic carbocycles. The van der Waals surface area contributed by atoms with Crippen LogP contribution in [-0.4, -0.2) is 10.8 Å². The third-order valence-electron chi connectivity index (χ3n) is 0.614. The van der Waals surface area contributed by atoms with Crippen LogP contribution in [0.5, 0.6) is 0 Å². The van der Waals surface area contributed by atoms with Crippen LogP contribution in [0, 0.1) is 0 Å². The Morgan fingerprint density at radius 2 is 2.22 bits per heavy atom. The van der Waals surface area contributed by atoms with Crippen LogP contribution >= 0.6 is 12.6 Å². The maximum atomic E-state index is 10.5. The van der Waals surface area contributed by atoms with E-state index in [0.29, 0.717) is 0 Å². The first kappa shape index (κ1) is 8.56. The van der Waals surface area contributed by atoms with Crippen LogP contribution < -0.4 is 5.32 Å². The van der Waals surface area contributed by atoms with Crippen molar-refractivity contribution < 1.29 is 4.79 Å². The molecule has 52 valence electrons. The van der Waals surface area contributed by atoms with E-state index in [1.54, 1.807) is 13.8 Å². The average molecular weight is 145 g/mol. The Morgan fingerprint density at radius 3 is 2.33 bits per heavy atom. The van der Waals surface area contributed by atoms with Gasteiger partial charge in [0.1, 0.15) is 0 Å². The number of carbonyl (C=O) groups is 1. The summed E-state index contributed by atoms with van der Waals surface area (Å²) in [4.78, 5) is 10.1. The standard InChI is InChI=1S/C6H11NOS/c1-4-5(8)7-6(2,3)9/h4,9H,1H2,2-3H3,(H,7,8). The van der Waals surface area contributed by atoms with E-state index in [1.807, 2.05) is 0 Å². The van der Waals surface area contributed by atoms with Crippen molar-refractivity contribution in [1.29, 1.82) is 0 Å². The zero-order chi connectivity index (χ0) is 7.49. The van der Waals surface area contributed by atoms with Gasteiger partial charge in [-0.3, -0.25) is 4.79 Å². The summed E-state index contributed by atoms with van der Waals surface area (Å²) in [6, 6.07) is 0. The first-order chi connectivity index (χ1) is 3.95. The Balaban J connectivity index is 3.74. The number of amides is 1. The number of thiol groups is 1. The van der Waals surface area contributed by atoms with E-state index in [4.69, 9.17) is 0 Å². The van der Waals surface area contributed by atoms with Crippen LogP contribution in [0.4, 0.5) is 0 Å². The molecule has 0 aliphatic heterocycles. The van der Waals surface area contributed by atoms with Crippen molar-refractivity contribution in [2.45, 2.75) is 18.7 Å². The smallest absolute Gasteiger partial charge is 0.244 e. The zero-order valence-corrected chi connectivity index (χ0v) is 6.53. The molecule has 0 aromatic rings. The fraction of sp³-hybridized carbons (Fsp3) is 0.500. The Kier molecular flexibility index (Phi) is 2.77. The molecule has 0 saturated carbocycles. The maximum absolute atomic E-state index is 10.5. The van der Waals surface area contributed by atoms with Crippen molar-refractivity contribution in [2.24, 2.45) is 0 Å². The van der Waals surface area contributed by atoms with E-state index in [0.717, 1.165) is 0 Å². The lowest BCUT2D eigenvalue weighted by Crippen LogP contribution is -2.37. The molecule has 0 unspecified atom stereocenters. The molecule has 0 radical (unpaired) electrons. The number of hydrogen-bond acceptors (Lipinski definition) is 2. The Labute approximate surface area is 60.7 Å². The lowest BCUT2D eigenvalue weighted by molar-refractivity contribution is -0.117. The van der Waals surface area contributed by atoms with Crippen molar-refractivity contribution in [3.63, 3.8) is 0 Å². The fourth-order valence-corrected chi connectivity index (χ4v) is 0.463. The Bertz CT molecular complexity index is 126. The average Bonchev–Trinajstić information content (AvgIpc) is 1.62. The minimum Gasteiger partial charge on any atom is -0.339 e. The van der Waals surface area contributed by atoms with Gasteiger partial charge in [-0.05, 0) is 19.9 Å². The third-order valence-corrected chi connectivity index (χ3v) is 0.726. The highest BCUT2D eigenvalue weighted by molar-refractivity contribution is 7.81. The highest BCUT2D eigenvalue weighted by Crippen LogP contribution is 2.05. The molecular weight excluding hydrogens is 134 g/mol.